The minimum Gasteiger partial charge on any atom is -0.460 e. The summed E-state index contributed by atoms with van der Waals surface area (Å²) >= 11 is 0. The first-order valence-electron chi connectivity index (χ1n) is 6.06. The van der Waals surface area contributed by atoms with Gasteiger partial charge in [-0.1, -0.05) is 19.1 Å². The lowest BCUT2D eigenvalue weighted by Gasteiger charge is -2.09. The van der Waals surface area contributed by atoms with Gasteiger partial charge in [-0.15, -0.1) is 0 Å². The van der Waals surface area contributed by atoms with Gasteiger partial charge in [-0.05, 0) is 25.0 Å². The third kappa shape index (κ3) is 3.67. The zero-order chi connectivity index (χ0) is 13.4. The summed E-state index contributed by atoms with van der Waals surface area (Å²) in [4.78, 5) is 22.9. The van der Waals surface area contributed by atoms with E-state index in [-0.39, 0.29) is 6.61 Å². The maximum Gasteiger partial charge on any atom is 0.338 e. The number of hydrogen-bond donors (Lipinski definition) is 0. The van der Waals surface area contributed by atoms with Crippen LogP contribution >= 0.6 is 0 Å². The van der Waals surface area contributed by atoms with E-state index >= 15 is 0 Å². The molecule has 0 aliphatic rings. The van der Waals surface area contributed by atoms with Gasteiger partial charge in [-0.3, -0.25) is 4.79 Å². The average Bonchev–Trinajstić information content (AvgIpc) is 2.42. The van der Waals surface area contributed by atoms with Crippen LogP contribution in [0.4, 0.5) is 0 Å². The monoisotopic (exact) mass is 250 g/mol. The summed E-state index contributed by atoms with van der Waals surface area (Å²) in [5.41, 5.74) is 1.59. The maximum atomic E-state index is 11.8. The molecule has 1 rings (SSSR count). The molecule has 0 amide bonds. The van der Waals surface area contributed by atoms with Crippen LogP contribution in [0.5, 0.6) is 0 Å². The second-order valence-corrected chi connectivity index (χ2v) is 3.68. The smallest absolute Gasteiger partial charge is 0.338 e. The second kappa shape index (κ2) is 7.61. The van der Waals surface area contributed by atoms with E-state index in [1.807, 2.05) is 19.9 Å². The molecule has 0 aliphatic heterocycles. The van der Waals surface area contributed by atoms with Gasteiger partial charge in [0.2, 0.25) is 0 Å². The SMILES string of the molecule is CCOCCOC(=O)c1cccc(CC)c1C=O. The highest BCUT2D eigenvalue weighted by molar-refractivity contribution is 5.99. The van der Waals surface area contributed by atoms with Crippen LogP contribution in [0.3, 0.4) is 0 Å². The van der Waals surface area contributed by atoms with Gasteiger partial charge in [0.05, 0.1) is 12.2 Å². The first kappa shape index (κ1) is 14.4. The zero-order valence-corrected chi connectivity index (χ0v) is 10.8. The highest BCUT2D eigenvalue weighted by Gasteiger charge is 2.14. The summed E-state index contributed by atoms with van der Waals surface area (Å²) in [6.45, 7) is 4.96. The number of esters is 1. The molecule has 0 aromatic heterocycles. The Hall–Kier alpha value is -1.68. The molecule has 0 heterocycles. The minimum atomic E-state index is -0.480. The van der Waals surface area contributed by atoms with E-state index < -0.39 is 5.97 Å². The number of benzene rings is 1. The fourth-order valence-corrected chi connectivity index (χ4v) is 1.65. The van der Waals surface area contributed by atoms with E-state index in [9.17, 15) is 9.59 Å². The molecular weight excluding hydrogens is 232 g/mol. The van der Waals surface area contributed by atoms with Crippen LogP contribution in [0.1, 0.15) is 40.1 Å². The van der Waals surface area contributed by atoms with Gasteiger partial charge in [0, 0.05) is 12.2 Å². The van der Waals surface area contributed by atoms with Crippen molar-refractivity contribution in [3.05, 3.63) is 34.9 Å². The predicted molar refractivity (Wildman–Crippen MR) is 68.0 cm³/mol. The standard InChI is InChI=1S/C14H18O4/c1-3-11-6-5-7-12(13(11)10-15)14(16)18-9-8-17-4-2/h5-7,10H,3-4,8-9H2,1-2H3. The molecule has 0 radical (unpaired) electrons. The van der Waals surface area contributed by atoms with Crippen molar-refractivity contribution in [1.82, 2.24) is 0 Å². The summed E-state index contributed by atoms with van der Waals surface area (Å²) in [5, 5.41) is 0. The number of carbonyl (C=O) groups excluding carboxylic acids is 2. The van der Waals surface area contributed by atoms with E-state index in [0.717, 1.165) is 5.56 Å². The second-order valence-electron chi connectivity index (χ2n) is 3.68. The van der Waals surface area contributed by atoms with Crippen LogP contribution in [-0.2, 0) is 15.9 Å². The van der Waals surface area contributed by atoms with E-state index in [1.54, 1.807) is 12.1 Å². The lowest BCUT2D eigenvalue weighted by molar-refractivity contribution is 0.0334. The highest BCUT2D eigenvalue weighted by atomic mass is 16.6. The van der Waals surface area contributed by atoms with Crippen molar-refractivity contribution in [3.8, 4) is 0 Å². The van der Waals surface area contributed by atoms with Gasteiger partial charge < -0.3 is 9.47 Å². The van der Waals surface area contributed by atoms with Crippen LogP contribution in [0.15, 0.2) is 18.2 Å². The topological polar surface area (TPSA) is 52.6 Å². The molecule has 4 nitrogen and oxygen atoms in total. The predicted octanol–water partition coefficient (Wildman–Crippen LogP) is 2.25. The quantitative estimate of drug-likeness (QED) is 0.423. The van der Waals surface area contributed by atoms with E-state index in [2.05, 4.69) is 0 Å². The Morgan fingerprint density at radius 1 is 1.28 bits per heavy atom. The summed E-state index contributed by atoms with van der Waals surface area (Å²) in [7, 11) is 0. The molecule has 0 unspecified atom stereocenters. The van der Waals surface area contributed by atoms with Gasteiger partial charge >= 0.3 is 5.97 Å². The molecule has 0 saturated carbocycles. The summed E-state index contributed by atoms with van der Waals surface area (Å²) in [6.07, 6.45) is 1.41. The Kier molecular flexibility index (Phi) is 6.08. The Morgan fingerprint density at radius 3 is 2.67 bits per heavy atom. The Morgan fingerprint density at radius 2 is 2.06 bits per heavy atom. The normalized spacial score (nSPS) is 10.1. The van der Waals surface area contributed by atoms with Gasteiger partial charge in [0.1, 0.15) is 6.61 Å². The molecule has 0 N–H and O–H groups in total. The van der Waals surface area contributed by atoms with Crippen LogP contribution in [0.25, 0.3) is 0 Å². The van der Waals surface area contributed by atoms with Crippen molar-refractivity contribution in [1.29, 1.82) is 0 Å². The zero-order valence-electron chi connectivity index (χ0n) is 10.8. The molecule has 0 saturated heterocycles. The van der Waals surface area contributed by atoms with Crippen LogP contribution in [0, 0.1) is 0 Å². The number of aryl methyl sites for hydroxylation is 1. The molecule has 4 heteroatoms. The summed E-state index contributed by atoms with van der Waals surface area (Å²) in [6, 6.07) is 5.19. The lowest BCUT2D eigenvalue weighted by atomic mass is 10.0. The van der Waals surface area contributed by atoms with Gasteiger partial charge in [-0.25, -0.2) is 4.79 Å². The van der Waals surface area contributed by atoms with Crippen molar-refractivity contribution >= 4 is 12.3 Å². The molecule has 98 valence electrons. The van der Waals surface area contributed by atoms with Gasteiger partial charge in [-0.2, -0.15) is 0 Å². The maximum absolute atomic E-state index is 11.8. The molecule has 0 atom stereocenters. The molecule has 1 aromatic rings. The van der Waals surface area contributed by atoms with Gasteiger partial charge in [0.25, 0.3) is 0 Å². The average molecular weight is 250 g/mol. The van der Waals surface area contributed by atoms with Crippen LogP contribution < -0.4 is 0 Å². The third-order valence-corrected chi connectivity index (χ3v) is 2.58. The van der Waals surface area contributed by atoms with Gasteiger partial charge in [0.15, 0.2) is 6.29 Å². The highest BCUT2D eigenvalue weighted by Crippen LogP contribution is 2.14. The molecule has 0 bridgehead atoms. The number of aldehydes is 1. The van der Waals surface area contributed by atoms with Crippen molar-refractivity contribution in [2.24, 2.45) is 0 Å². The van der Waals surface area contributed by atoms with Crippen molar-refractivity contribution in [3.63, 3.8) is 0 Å². The van der Waals surface area contributed by atoms with Crippen molar-refractivity contribution < 1.29 is 19.1 Å². The Balaban J connectivity index is 2.76. The summed E-state index contributed by atoms with van der Waals surface area (Å²) in [5.74, 6) is -0.480. The van der Waals surface area contributed by atoms with Crippen molar-refractivity contribution in [2.75, 3.05) is 19.8 Å². The molecule has 1 aromatic carbocycles. The molecular formula is C14H18O4. The number of rotatable bonds is 7. The van der Waals surface area contributed by atoms with Crippen LogP contribution in [-0.4, -0.2) is 32.1 Å². The first-order chi connectivity index (χ1) is 8.74. The van der Waals surface area contributed by atoms with E-state index in [4.69, 9.17) is 9.47 Å². The minimum absolute atomic E-state index is 0.196. The van der Waals surface area contributed by atoms with Crippen LogP contribution in [0.2, 0.25) is 0 Å². The van der Waals surface area contributed by atoms with Crippen molar-refractivity contribution in [2.45, 2.75) is 20.3 Å². The fourth-order valence-electron chi connectivity index (χ4n) is 1.65. The lowest BCUT2D eigenvalue weighted by Crippen LogP contribution is -2.13. The number of carbonyl (C=O) groups is 2. The van der Waals surface area contributed by atoms with E-state index in [1.165, 1.54) is 0 Å². The fraction of sp³-hybridized carbons (Fsp3) is 0.429. The first-order valence-corrected chi connectivity index (χ1v) is 6.06. The third-order valence-electron chi connectivity index (χ3n) is 2.58. The molecule has 0 aliphatic carbocycles. The molecule has 0 fully saturated rings. The molecule has 0 spiro atoms. The Labute approximate surface area is 107 Å². The largest absolute Gasteiger partial charge is 0.460 e. The number of ether oxygens (including phenoxy) is 2. The van der Waals surface area contributed by atoms with E-state index in [0.29, 0.717) is 37.0 Å². The summed E-state index contributed by atoms with van der Waals surface area (Å²) < 4.78 is 10.1. The number of hydrogen-bond acceptors (Lipinski definition) is 4. The Bertz CT molecular complexity index is 412. The molecule has 18 heavy (non-hydrogen) atoms.